The highest BCUT2D eigenvalue weighted by atomic mass is 19.1. The van der Waals surface area contributed by atoms with Crippen molar-refractivity contribution >= 4 is 11.6 Å². The van der Waals surface area contributed by atoms with Crippen LogP contribution < -0.4 is 5.32 Å². The Hall–Kier alpha value is -2.67. The van der Waals surface area contributed by atoms with Crippen molar-refractivity contribution in [3.63, 3.8) is 0 Å². The summed E-state index contributed by atoms with van der Waals surface area (Å²) in [5, 5.41) is 2.43. The lowest BCUT2D eigenvalue weighted by Crippen LogP contribution is -2.16. The Morgan fingerprint density at radius 3 is 2.70 bits per heavy atom. The Morgan fingerprint density at radius 2 is 2.00 bits per heavy atom. The fourth-order valence-electron chi connectivity index (χ4n) is 1.75. The van der Waals surface area contributed by atoms with Crippen molar-refractivity contribution in [1.29, 1.82) is 0 Å². The van der Waals surface area contributed by atoms with Gasteiger partial charge in [0.2, 0.25) is 0 Å². The van der Waals surface area contributed by atoms with Gasteiger partial charge in [0.05, 0.1) is 0 Å². The third-order valence-electron chi connectivity index (χ3n) is 2.80. The summed E-state index contributed by atoms with van der Waals surface area (Å²) in [6.45, 7) is 1.46. The number of carbonyl (C=O) groups is 1. The van der Waals surface area contributed by atoms with E-state index in [2.05, 4.69) is 11.2 Å². The van der Waals surface area contributed by atoms with Gasteiger partial charge in [0, 0.05) is 11.3 Å². The molecule has 0 aliphatic carbocycles. The van der Waals surface area contributed by atoms with Crippen LogP contribution in [0.3, 0.4) is 0 Å². The molecule has 1 N–H and O–H groups in total. The van der Waals surface area contributed by atoms with Crippen LogP contribution in [0.15, 0.2) is 36.4 Å². The van der Waals surface area contributed by atoms with E-state index in [1.54, 1.807) is 24.3 Å². The van der Waals surface area contributed by atoms with Gasteiger partial charge in [-0.15, -0.1) is 6.42 Å². The summed E-state index contributed by atoms with van der Waals surface area (Å²) in [5.74, 6) is -0.206. The van der Waals surface area contributed by atoms with Crippen molar-refractivity contribution in [3.8, 4) is 12.3 Å². The van der Waals surface area contributed by atoms with E-state index in [0.29, 0.717) is 11.3 Å². The Bertz CT molecular complexity index is 717. The molecule has 2 nitrogen and oxygen atoms in total. The van der Waals surface area contributed by atoms with Crippen molar-refractivity contribution in [2.24, 2.45) is 0 Å². The van der Waals surface area contributed by atoms with Crippen LogP contribution in [-0.2, 0) is 0 Å². The zero-order valence-electron chi connectivity index (χ0n) is 10.7. The summed E-state index contributed by atoms with van der Waals surface area (Å²) in [6.07, 6.45) is 5.25. The first-order valence-electron chi connectivity index (χ1n) is 5.85. The van der Waals surface area contributed by atoms with E-state index in [1.165, 1.54) is 13.0 Å². The second-order valence-electron chi connectivity index (χ2n) is 4.23. The molecule has 0 radical (unpaired) electrons. The Morgan fingerprint density at radius 1 is 1.25 bits per heavy atom. The third kappa shape index (κ3) is 2.67. The average molecular weight is 271 g/mol. The quantitative estimate of drug-likeness (QED) is 0.832. The first-order chi connectivity index (χ1) is 9.52. The minimum atomic E-state index is -0.904. The van der Waals surface area contributed by atoms with E-state index in [-0.39, 0.29) is 5.56 Å². The maximum atomic E-state index is 13.8. The molecule has 0 saturated heterocycles. The SMILES string of the molecule is C#Cc1cccc(NC(=O)c2c(F)ccc(C)c2F)c1. The van der Waals surface area contributed by atoms with Gasteiger partial charge in [-0.05, 0) is 36.8 Å². The Labute approximate surface area is 115 Å². The van der Waals surface area contributed by atoms with Crippen LogP contribution in [0.25, 0.3) is 0 Å². The topological polar surface area (TPSA) is 29.1 Å². The Balaban J connectivity index is 2.34. The van der Waals surface area contributed by atoms with E-state index < -0.39 is 23.1 Å². The summed E-state index contributed by atoms with van der Waals surface area (Å²) in [7, 11) is 0. The lowest BCUT2D eigenvalue weighted by Gasteiger charge is -2.09. The van der Waals surface area contributed by atoms with Gasteiger partial charge in [-0.2, -0.15) is 0 Å². The van der Waals surface area contributed by atoms with E-state index in [4.69, 9.17) is 6.42 Å². The molecule has 20 heavy (non-hydrogen) atoms. The van der Waals surface area contributed by atoms with Gasteiger partial charge in [0.1, 0.15) is 17.2 Å². The highest BCUT2D eigenvalue weighted by Crippen LogP contribution is 2.18. The maximum absolute atomic E-state index is 13.8. The van der Waals surface area contributed by atoms with Crippen molar-refractivity contribution in [3.05, 3.63) is 64.7 Å². The molecule has 2 aromatic rings. The standard InChI is InChI=1S/C16H11F2NO/c1-3-11-5-4-6-12(9-11)19-16(20)14-13(17)8-7-10(2)15(14)18/h1,4-9H,2H3,(H,19,20). The van der Waals surface area contributed by atoms with Gasteiger partial charge in [-0.25, -0.2) is 8.78 Å². The molecule has 2 aromatic carbocycles. The predicted molar refractivity (Wildman–Crippen MR) is 73.4 cm³/mol. The molecule has 2 rings (SSSR count). The zero-order valence-corrected chi connectivity index (χ0v) is 10.7. The lowest BCUT2D eigenvalue weighted by atomic mass is 10.1. The summed E-state index contributed by atoms with van der Waals surface area (Å²) < 4.78 is 27.4. The molecular formula is C16H11F2NO. The Kier molecular flexibility index (Phi) is 3.81. The summed E-state index contributed by atoms with van der Waals surface area (Å²) in [4.78, 5) is 12.0. The molecule has 0 aromatic heterocycles. The van der Waals surface area contributed by atoms with Crippen molar-refractivity contribution < 1.29 is 13.6 Å². The van der Waals surface area contributed by atoms with Crippen LogP contribution in [0.4, 0.5) is 14.5 Å². The number of anilines is 1. The molecule has 0 saturated carbocycles. The molecule has 0 aliphatic heterocycles. The van der Waals surface area contributed by atoms with Crippen LogP contribution in [0.2, 0.25) is 0 Å². The van der Waals surface area contributed by atoms with Gasteiger partial charge < -0.3 is 5.32 Å². The molecule has 0 unspecified atom stereocenters. The van der Waals surface area contributed by atoms with Crippen LogP contribution in [-0.4, -0.2) is 5.91 Å². The van der Waals surface area contributed by atoms with E-state index in [9.17, 15) is 13.6 Å². The first kappa shape index (κ1) is 13.8. The summed E-state index contributed by atoms with van der Waals surface area (Å²) in [6, 6.07) is 8.80. The van der Waals surface area contributed by atoms with Crippen molar-refractivity contribution in [2.75, 3.05) is 5.32 Å². The molecule has 0 atom stereocenters. The zero-order chi connectivity index (χ0) is 14.7. The molecule has 0 aliphatic rings. The van der Waals surface area contributed by atoms with Gasteiger partial charge in [-0.3, -0.25) is 4.79 Å². The van der Waals surface area contributed by atoms with Crippen molar-refractivity contribution in [2.45, 2.75) is 6.92 Å². The number of carbonyl (C=O) groups excluding carboxylic acids is 1. The van der Waals surface area contributed by atoms with Gasteiger partial charge in [0.25, 0.3) is 5.91 Å². The largest absolute Gasteiger partial charge is 0.322 e. The molecule has 0 heterocycles. The number of halogens is 2. The number of hydrogen-bond acceptors (Lipinski definition) is 1. The van der Waals surface area contributed by atoms with E-state index in [1.807, 2.05) is 0 Å². The molecule has 4 heteroatoms. The number of rotatable bonds is 2. The monoisotopic (exact) mass is 271 g/mol. The highest BCUT2D eigenvalue weighted by molar-refractivity contribution is 6.04. The van der Waals surface area contributed by atoms with Gasteiger partial charge >= 0.3 is 0 Å². The summed E-state index contributed by atoms with van der Waals surface area (Å²) >= 11 is 0. The number of aryl methyl sites for hydroxylation is 1. The smallest absolute Gasteiger partial charge is 0.261 e. The first-order valence-corrected chi connectivity index (χ1v) is 5.85. The summed E-state index contributed by atoms with van der Waals surface area (Å²) in [5.41, 5.74) is 0.545. The molecule has 0 fully saturated rings. The van der Waals surface area contributed by atoms with E-state index in [0.717, 1.165) is 6.07 Å². The minimum absolute atomic E-state index is 0.203. The maximum Gasteiger partial charge on any atom is 0.261 e. The predicted octanol–water partition coefficient (Wildman–Crippen LogP) is 3.51. The van der Waals surface area contributed by atoms with Gasteiger partial charge in [0.15, 0.2) is 0 Å². The second-order valence-corrected chi connectivity index (χ2v) is 4.23. The minimum Gasteiger partial charge on any atom is -0.322 e. The highest BCUT2D eigenvalue weighted by Gasteiger charge is 2.19. The fourth-order valence-corrected chi connectivity index (χ4v) is 1.75. The van der Waals surface area contributed by atoms with Crippen molar-refractivity contribution in [1.82, 2.24) is 0 Å². The molecular weight excluding hydrogens is 260 g/mol. The molecule has 100 valence electrons. The lowest BCUT2D eigenvalue weighted by molar-refractivity contribution is 0.101. The fraction of sp³-hybridized carbons (Fsp3) is 0.0625. The number of nitrogens with one attached hydrogen (secondary N) is 1. The van der Waals surface area contributed by atoms with Crippen LogP contribution in [0.1, 0.15) is 21.5 Å². The van der Waals surface area contributed by atoms with E-state index >= 15 is 0 Å². The number of amides is 1. The molecule has 1 amide bonds. The number of hydrogen-bond donors (Lipinski definition) is 1. The second kappa shape index (κ2) is 5.54. The average Bonchev–Trinajstić information content (AvgIpc) is 2.43. The molecule has 0 bridgehead atoms. The normalized spacial score (nSPS) is 9.90. The van der Waals surface area contributed by atoms with Gasteiger partial charge in [-0.1, -0.05) is 18.1 Å². The third-order valence-corrected chi connectivity index (χ3v) is 2.80. The van der Waals surface area contributed by atoms with Crippen LogP contribution >= 0.6 is 0 Å². The number of benzene rings is 2. The van der Waals surface area contributed by atoms with Crippen LogP contribution in [0.5, 0.6) is 0 Å². The number of terminal acetylenes is 1. The van der Waals surface area contributed by atoms with Crippen LogP contribution in [0, 0.1) is 30.9 Å². The molecule has 0 spiro atoms.